The van der Waals surface area contributed by atoms with E-state index >= 15 is 0 Å². The molecule has 1 amide bonds. The van der Waals surface area contributed by atoms with E-state index < -0.39 is 11.6 Å². The van der Waals surface area contributed by atoms with Crippen molar-refractivity contribution < 1.29 is 18.3 Å². The van der Waals surface area contributed by atoms with Gasteiger partial charge in [-0.2, -0.15) is 0 Å². The third-order valence-corrected chi connectivity index (χ3v) is 3.25. The standard InChI is InChI=1S/C15H12F2N2O2/c1-19-7-13-14(21-8-15(19)20)3-2-12(18-13)9-4-10(16)6-11(17)5-9/h2-6H,7-8H2,1H3. The first kappa shape index (κ1) is 13.5. The second-order valence-corrected chi connectivity index (χ2v) is 4.84. The van der Waals surface area contributed by atoms with Crippen molar-refractivity contribution in [2.75, 3.05) is 13.7 Å². The van der Waals surface area contributed by atoms with Crippen molar-refractivity contribution in [3.8, 4) is 17.0 Å². The summed E-state index contributed by atoms with van der Waals surface area (Å²) in [5.74, 6) is -0.963. The summed E-state index contributed by atoms with van der Waals surface area (Å²) in [5, 5.41) is 0. The summed E-state index contributed by atoms with van der Waals surface area (Å²) in [5.41, 5.74) is 1.33. The van der Waals surface area contributed by atoms with Gasteiger partial charge < -0.3 is 9.64 Å². The molecule has 0 unspecified atom stereocenters. The van der Waals surface area contributed by atoms with Gasteiger partial charge in [0.1, 0.15) is 23.1 Å². The van der Waals surface area contributed by atoms with Gasteiger partial charge >= 0.3 is 0 Å². The maximum atomic E-state index is 13.3. The molecule has 1 aromatic heterocycles. The maximum Gasteiger partial charge on any atom is 0.260 e. The van der Waals surface area contributed by atoms with Crippen molar-refractivity contribution in [2.24, 2.45) is 0 Å². The number of rotatable bonds is 1. The summed E-state index contributed by atoms with van der Waals surface area (Å²) >= 11 is 0. The van der Waals surface area contributed by atoms with Crippen LogP contribution in [-0.2, 0) is 11.3 Å². The average Bonchev–Trinajstić information content (AvgIpc) is 2.57. The van der Waals surface area contributed by atoms with Gasteiger partial charge in [0.05, 0.1) is 12.2 Å². The number of carbonyl (C=O) groups excluding carboxylic acids is 1. The number of likely N-dealkylation sites (N-methyl/N-ethyl adjacent to an activating group) is 1. The van der Waals surface area contributed by atoms with Crippen molar-refractivity contribution in [3.63, 3.8) is 0 Å². The van der Waals surface area contributed by atoms with Gasteiger partial charge in [-0.3, -0.25) is 4.79 Å². The van der Waals surface area contributed by atoms with E-state index in [9.17, 15) is 13.6 Å². The summed E-state index contributed by atoms with van der Waals surface area (Å²) in [6, 6.07) is 6.51. The number of hydrogen-bond donors (Lipinski definition) is 0. The van der Waals surface area contributed by atoms with Crippen LogP contribution in [0.4, 0.5) is 8.78 Å². The fraction of sp³-hybridized carbons (Fsp3) is 0.200. The Balaban J connectivity index is 2.03. The van der Waals surface area contributed by atoms with Crippen LogP contribution in [0, 0.1) is 11.6 Å². The lowest BCUT2D eigenvalue weighted by molar-refractivity contribution is -0.131. The fourth-order valence-corrected chi connectivity index (χ4v) is 2.16. The molecule has 0 saturated carbocycles. The lowest BCUT2D eigenvalue weighted by atomic mass is 10.1. The van der Waals surface area contributed by atoms with E-state index in [1.54, 1.807) is 19.2 Å². The smallest absolute Gasteiger partial charge is 0.260 e. The quantitative estimate of drug-likeness (QED) is 0.810. The van der Waals surface area contributed by atoms with Crippen LogP contribution in [0.15, 0.2) is 30.3 Å². The van der Waals surface area contributed by atoms with Gasteiger partial charge in [0.2, 0.25) is 0 Å². The Morgan fingerprint density at radius 2 is 1.90 bits per heavy atom. The summed E-state index contributed by atoms with van der Waals surface area (Å²) in [6.45, 7) is 0.249. The lowest BCUT2D eigenvalue weighted by Gasteiger charge is -2.12. The zero-order chi connectivity index (χ0) is 15.0. The molecule has 1 aromatic carbocycles. The number of benzene rings is 1. The highest BCUT2D eigenvalue weighted by molar-refractivity contribution is 5.78. The van der Waals surface area contributed by atoms with Gasteiger partial charge in [-0.25, -0.2) is 13.8 Å². The first-order valence-corrected chi connectivity index (χ1v) is 6.36. The largest absolute Gasteiger partial charge is 0.482 e. The molecule has 1 aliphatic heterocycles. The summed E-state index contributed by atoms with van der Waals surface area (Å²) in [7, 11) is 1.65. The van der Waals surface area contributed by atoms with Gasteiger partial charge in [-0.05, 0) is 24.3 Å². The van der Waals surface area contributed by atoms with E-state index in [2.05, 4.69) is 4.98 Å². The molecule has 0 spiro atoms. The topological polar surface area (TPSA) is 42.4 Å². The minimum atomic E-state index is -0.662. The Bertz CT molecular complexity index is 699. The summed E-state index contributed by atoms with van der Waals surface area (Å²) in [4.78, 5) is 17.5. The van der Waals surface area contributed by atoms with Crippen LogP contribution in [0.1, 0.15) is 5.69 Å². The maximum absolute atomic E-state index is 13.3. The van der Waals surface area contributed by atoms with Crippen LogP contribution < -0.4 is 4.74 Å². The second-order valence-electron chi connectivity index (χ2n) is 4.84. The van der Waals surface area contributed by atoms with Gasteiger partial charge in [0, 0.05) is 18.7 Å². The predicted molar refractivity (Wildman–Crippen MR) is 71.6 cm³/mol. The van der Waals surface area contributed by atoms with Crippen LogP contribution >= 0.6 is 0 Å². The Morgan fingerprint density at radius 1 is 1.19 bits per heavy atom. The van der Waals surface area contributed by atoms with Crippen molar-refractivity contribution in [1.29, 1.82) is 0 Å². The number of hydrogen-bond acceptors (Lipinski definition) is 3. The van der Waals surface area contributed by atoms with Crippen LogP contribution in [0.3, 0.4) is 0 Å². The molecule has 21 heavy (non-hydrogen) atoms. The van der Waals surface area contributed by atoms with E-state index in [-0.39, 0.29) is 12.5 Å². The third kappa shape index (κ3) is 2.69. The Hall–Kier alpha value is -2.50. The van der Waals surface area contributed by atoms with Crippen molar-refractivity contribution in [1.82, 2.24) is 9.88 Å². The average molecular weight is 290 g/mol. The van der Waals surface area contributed by atoms with E-state index in [4.69, 9.17) is 4.74 Å². The van der Waals surface area contributed by atoms with E-state index in [1.807, 2.05) is 0 Å². The number of amides is 1. The lowest BCUT2D eigenvalue weighted by Crippen LogP contribution is -2.28. The molecule has 3 rings (SSSR count). The molecular weight excluding hydrogens is 278 g/mol. The number of fused-ring (bicyclic) bond motifs is 1. The zero-order valence-electron chi connectivity index (χ0n) is 11.3. The minimum absolute atomic E-state index is 0.0425. The van der Waals surface area contributed by atoms with Crippen molar-refractivity contribution in [2.45, 2.75) is 6.54 Å². The molecule has 0 bridgehead atoms. The van der Waals surface area contributed by atoms with Crippen molar-refractivity contribution >= 4 is 5.91 Å². The highest BCUT2D eigenvalue weighted by Crippen LogP contribution is 2.26. The van der Waals surface area contributed by atoms with Crippen LogP contribution in [-0.4, -0.2) is 29.4 Å². The number of ether oxygens (including phenoxy) is 1. The third-order valence-electron chi connectivity index (χ3n) is 3.25. The first-order valence-electron chi connectivity index (χ1n) is 6.36. The normalized spacial score (nSPS) is 14.4. The van der Waals surface area contributed by atoms with E-state index in [0.29, 0.717) is 29.2 Å². The Kier molecular flexibility index (Phi) is 3.29. The Morgan fingerprint density at radius 3 is 2.62 bits per heavy atom. The SMILES string of the molecule is CN1Cc2nc(-c3cc(F)cc(F)c3)ccc2OCC1=O. The van der Waals surface area contributed by atoms with Gasteiger partial charge in [-0.15, -0.1) is 0 Å². The number of carbonyl (C=O) groups is 1. The molecule has 0 radical (unpaired) electrons. The van der Waals surface area contributed by atoms with Gasteiger partial charge in [0.25, 0.3) is 5.91 Å². The highest BCUT2D eigenvalue weighted by Gasteiger charge is 2.20. The second kappa shape index (κ2) is 5.12. The highest BCUT2D eigenvalue weighted by atomic mass is 19.1. The molecular formula is C15H12F2N2O2. The minimum Gasteiger partial charge on any atom is -0.482 e. The summed E-state index contributed by atoms with van der Waals surface area (Å²) in [6.07, 6.45) is 0. The number of aromatic nitrogens is 1. The Labute approximate surface area is 120 Å². The molecule has 0 saturated heterocycles. The van der Waals surface area contributed by atoms with E-state index in [1.165, 1.54) is 17.0 Å². The monoisotopic (exact) mass is 290 g/mol. The fourth-order valence-electron chi connectivity index (χ4n) is 2.16. The molecule has 108 valence electrons. The van der Waals surface area contributed by atoms with Gasteiger partial charge in [0.15, 0.2) is 6.61 Å². The number of pyridine rings is 1. The number of halogens is 2. The first-order chi connectivity index (χ1) is 10.0. The molecule has 4 nitrogen and oxygen atoms in total. The molecule has 2 heterocycles. The van der Waals surface area contributed by atoms with Crippen LogP contribution in [0.2, 0.25) is 0 Å². The van der Waals surface area contributed by atoms with Crippen molar-refractivity contribution in [3.05, 3.63) is 47.7 Å². The molecule has 1 aliphatic rings. The predicted octanol–water partition coefficient (Wildman–Crippen LogP) is 2.38. The molecule has 6 heteroatoms. The molecule has 0 fully saturated rings. The van der Waals surface area contributed by atoms with Gasteiger partial charge in [-0.1, -0.05) is 0 Å². The number of nitrogens with zero attached hydrogens (tertiary/aromatic N) is 2. The van der Waals surface area contributed by atoms with Crippen LogP contribution in [0.25, 0.3) is 11.3 Å². The molecule has 0 N–H and O–H groups in total. The molecule has 0 aliphatic carbocycles. The molecule has 0 atom stereocenters. The van der Waals surface area contributed by atoms with Crippen LogP contribution in [0.5, 0.6) is 5.75 Å². The molecule has 2 aromatic rings. The zero-order valence-corrected chi connectivity index (χ0v) is 11.3. The summed E-state index contributed by atoms with van der Waals surface area (Å²) < 4.78 is 31.9. The van der Waals surface area contributed by atoms with E-state index in [0.717, 1.165) is 6.07 Å².